The van der Waals surface area contributed by atoms with E-state index in [4.69, 9.17) is 4.74 Å². The van der Waals surface area contributed by atoms with Crippen molar-refractivity contribution >= 4 is 39.2 Å². The Morgan fingerprint density at radius 2 is 2.00 bits per heavy atom. The van der Waals surface area contributed by atoms with Crippen LogP contribution in [0.3, 0.4) is 0 Å². The number of anilines is 1. The van der Waals surface area contributed by atoms with Gasteiger partial charge < -0.3 is 10.1 Å². The first-order valence-electron chi connectivity index (χ1n) is 11.0. The smallest absolute Gasteiger partial charge is 0.359 e. The van der Waals surface area contributed by atoms with Gasteiger partial charge in [0.2, 0.25) is 0 Å². The van der Waals surface area contributed by atoms with Crippen LogP contribution in [-0.2, 0) is 22.4 Å². The van der Waals surface area contributed by atoms with Gasteiger partial charge in [-0.3, -0.25) is 9.78 Å². The number of nitrogens with zero attached hydrogens (tertiary/aromatic N) is 3. The molecule has 33 heavy (non-hydrogen) atoms. The third-order valence-corrected chi connectivity index (χ3v) is 7.32. The van der Waals surface area contributed by atoms with E-state index >= 15 is 0 Å². The number of ether oxygens (including phenoxy) is 1. The van der Waals surface area contributed by atoms with Gasteiger partial charge in [0.15, 0.2) is 11.8 Å². The van der Waals surface area contributed by atoms with Gasteiger partial charge in [-0.05, 0) is 55.2 Å². The van der Waals surface area contributed by atoms with Gasteiger partial charge in [0.25, 0.3) is 5.91 Å². The van der Waals surface area contributed by atoms with E-state index in [1.807, 2.05) is 6.07 Å². The van der Waals surface area contributed by atoms with Gasteiger partial charge in [-0.2, -0.15) is 5.26 Å². The predicted octanol–water partition coefficient (Wildman–Crippen LogP) is 4.90. The monoisotopic (exact) mass is 462 g/mol. The number of aromatic nitrogens is 2. The van der Waals surface area contributed by atoms with Crippen LogP contribution in [0.15, 0.2) is 30.5 Å². The van der Waals surface area contributed by atoms with E-state index in [2.05, 4.69) is 42.1 Å². The number of hydrogen-bond donors (Lipinski definition) is 1. The summed E-state index contributed by atoms with van der Waals surface area (Å²) in [5.41, 5.74) is 3.02. The second-order valence-electron chi connectivity index (χ2n) is 9.41. The molecule has 0 spiro atoms. The minimum Gasteiger partial charge on any atom is -0.448 e. The molecule has 0 saturated carbocycles. The number of amides is 1. The van der Waals surface area contributed by atoms with Gasteiger partial charge in [0.1, 0.15) is 11.1 Å². The molecule has 2 unspecified atom stereocenters. The molecule has 0 radical (unpaired) electrons. The largest absolute Gasteiger partial charge is 0.448 e. The van der Waals surface area contributed by atoms with Crippen molar-refractivity contribution in [2.45, 2.75) is 53.1 Å². The van der Waals surface area contributed by atoms with Crippen molar-refractivity contribution in [1.29, 1.82) is 5.26 Å². The van der Waals surface area contributed by atoms with Crippen molar-refractivity contribution in [3.05, 3.63) is 52.2 Å². The molecule has 1 aliphatic rings. The van der Waals surface area contributed by atoms with Crippen LogP contribution in [-0.4, -0.2) is 27.9 Å². The lowest BCUT2D eigenvalue weighted by Gasteiger charge is -2.33. The van der Waals surface area contributed by atoms with E-state index in [0.29, 0.717) is 27.5 Å². The Kier molecular flexibility index (Phi) is 6.17. The van der Waals surface area contributed by atoms with Crippen LogP contribution in [0.4, 0.5) is 5.00 Å². The van der Waals surface area contributed by atoms with E-state index in [0.717, 1.165) is 29.7 Å². The van der Waals surface area contributed by atoms with E-state index in [-0.39, 0.29) is 11.1 Å². The van der Waals surface area contributed by atoms with Crippen molar-refractivity contribution in [1.82, 2.24) is 9.97 Å². The molecule has 4 rings (SSSR count). The normalized spacial score (nSPS) is 16.5. The number of carbonyl (C=O) groups excluding carboxylic acids is 2. The Morgan fingerprint density at radius 3 is 2.70 bits per heavy atom. The molecule has 1 aromatic carbocycles. The Bertz CT molecular complexity index is 1270. The van der Waals surface area contributed by atoms with Crippen LogP contribution in [0.25, 0.3) is 11.0 Å². The zero-order chi connectivity index (χ0) is 23.8. The standard InChI is InChI=1S/C25H26N4O3S/c1-14(32-24(31)20-13-27-18-7-5-6-8-19(18)28-20)22(30)29-23-17(12-26)16-10-9-15(25(2,3)4)11-21(16)33-23/h5-8,13-15H,9-11H2,1-4H3,(H,29,30). The molecule has 1 aliphatic carbocycles. The topological polar surface area (TPSA) is 105 Å². The highest BCUT2D eigenvalue weighted by Crippen LogP contribution is 2.44. The van der Waals surface area contributed by atoms with Crippen molar-refractivity contribution in [2.75, 3.05) is 5.32 Å². The number of nitriles is 1. The van der Waals surface area contributed by atoms with Crippen molar-refractivity contribution in [2.24, 2.45) is 11.3 Å². The summed E-state index contributed by atoms with van der Waals surface area (Å²) in [4.78, 5) is 34.9. The highest BCUT2D eigenvalue weighted by Gasteiger charge is 2.33. The van der Waals surface area contributed by atoms with Crippen LogP contribution in [0, 0.1) is 22.7 Å². The number of carbonyl (C=O) groups is 2. The summed E-state index contributed by atoms with van der Waals surface area (Å²) in [6, 6.07) is 9.44. The summed E-state index contributed by atoms with van der Waals surface area (Å²) in [6.07, 6.45) is 3.04. The molecule has 7 nitrogen and oxygen atoms in total. The van der Waals surface area contributed by atoms with Crippen molar-refractivity contribution in [3.8, 4) is 6.07 Å². The molecule has 2 atom stereocenters. The number of fused-ring (bicyclic) bond motifs is 2. The Morgan fingerprint density at radius 1 is 1.27 bits per heavy atom. The van der Waals surface area contributed by atoms with Gasteiger partial charge in [0.05, 0.1) is 22.8 Å². The Hall–Kier alpha value is -3.31. The van der Waals surface area contributed by atoms with Gasteiger partial charge in [-0.25, -0.2) is 9.78 Å². The summed E-state index contributed by atoms with van der Waals surface area (Å²) in [5.74, 6) is -0.684. The van der Waals surface area contributed by atoms with E-state index in [9.17, 15) is 14.9 Å². The van der Waals surface area contributed by atoms with E-state index in [1.165, 1.54) is 24.5 Å². The summed E-state index contributed by atoms with van der Waals surface area (Å²) >= 11 is 1.45. The Labute approximate surface area is 196 Å². The van der Waals surface area contributed by atoms with Crippen molar-refractivity contribution in [3.63, 3.8) is 0 Å². The minimum atomic E-state index is -1.06. The average Bonchev–Trinajstić information content (AvgIpc) is 3.14. The molecule has 170 valence electrons. The molecule has 1 amide bonds. The summed E-state index contributed by atoms with van der Waals surface area (Å²) in [5, 5.41) is 13.1. The van der Waals surface area contributed by atoms with Crippen LogP contribution >= 0.6 is 11.3 Å². The van der Waals surface area contributed by atoms with Crippen LogP contribution in [0.5, 0.6) is 0 Å². The van der Waals surface area contributed by atoms with Crippen molar-refractivity contribution < 1.29 is 14.3 Å². The maximum absolute atomic E-state index is 12.8. The fourth-order valence-electron chi connectivity index (χ4n) is 4.07. The predicted molar refractivity (Wildman–Crippen MR) is 127 cm³/mol. The highest BCUT2D eigenvalue weighted by atomic mass is 32.1. The minimum absolute atomic E-state index is 0.0332. The maximum atomic E-state index is 12.8. The van der Waals surface area contributed by atoms with Gasteiger partial charge in [-0.1, -0.05) is 32.9 Å². The molecule has 0 aliphatic heterocycles. The number of hydrogen-bond acceptors (Lipinski definition) is 7. The SMILES string of the molecule is CC(OC(=O)c1cnc2ccccc2n1)C(=O)Nc1sc2c(c1C#N)CCC(C(C)(C)C)C2. The fraction of sp³-hybridized carbons (Fsp3) is 0.400. The molecule has 2 heterocycles. The fourth-order valence-corrected chi connectivity index (χ4v) is 5.36. The molecule has 2 aromatic heterocycles. The molecular formula is C25H26N4O3S. The van der Waals surface area contributed by atoms with Gasteiger partial charge in [0, 0.05) is 4.88 Å². The first-order valence-corrected chi connectivity index (χ1v) is 11.8. The van der Waals surface area contributed by atoms with Gasteiger partial charge >= 0.3 is 5.97 Å². The second kappa shape index (κ2) is 8.91. The maximum Gasteiger partial charge on any atom is 0.359 e. The van der Waals surface area contributed by atoms with E-state index < -0.39 is 18.0 Å². The third kappa shape index (κ3) is 4.74. The second-order valence-corrected chi connectivity index (χ2v) is 10.5. The number of benzene rings is 1. The lowest BCUT2D eigenvalue weighted by atomic mass is 9.72. The first kappa shape index (κ1) is 22.9. The number of esters is 1. The summed E-state index contributed by atoms with van der Waals surface area (Å²) in [7, 11) is 0. The number of thiophene rings is 1. The zero-order valence-electron chi connectivity index (χ0n) is 19.1. The third-order valence-electron chi connectivity index (χ3n) is 6.15. The number of nitrogens with one attached hydrogen (secondary N) is 1. The quantitative estimate of drug-likeness (QED) is 0.553. The highest BCUT2D eigenvalue weighted by molar-refractivity contribution is 7.16. The van der Waals surface area contributed by atoms with E-state index in [1.54, 1.807) is 18.2 Å². The molecule has 0 saturated heterocycles. The Balaban J connectivity index is 1.46. The lowest BCUT2D eigenvalue weighted by molar-refractivity contribution is -0.123. The molecule has 1 N–H and O–H groups in total. The van der Waals surface area contributed by atoms with Crippen LogP contribution in [0.2, 0.25) is 0 Å². The lowest BCUT2D eigenvalue weighted by Crippen LogP contribution is -2.30. The first-order chi connectivity index (χ1) is 15.7. The molecule has 0 bridgehead atoms. The van der Waals surface area contributed by atoms with Crippen LogP contribution < -0.4 is 5.32 Å². The average molecular weight is 463 g/mol. The zero-order valence-corrected chi connectivity index (χ0v) is 20.0. The van der Waals surface area contributed by atoms with Crippen LogP contribution in [0.1, 0.15) is 60.6 Å². The number of para-hydroxylation sites is 2. The molecular weight excluding hydrogens is 436 g/mol. The molecule has 0 fully saturated rings. The number of rotatable bonds is 4. The summed E-state index contributed by atoms with van der Waals surface area (Å²) in [6.45, 7) is 8.21. The summed E-state index contributed by atoms with van der Waals surface area (Å²) < 4.78 is 5.32. The molecule has 3 aromatic rings. The van der Waals surface area contributed by atoms with Gasteiger partial charge in [-0.15, -0.1) is 11.3 Å². The molecule has 8 heteroatoms.